The predicted molar refractivity (Wildman–Crippen MR) is 70.0 cm³/mol. The molecular formula is C11H17N5O3. The van der Waals surface area contributed by atoms with E-state index in [2.05, 4.69) is 9.97 Å². The first-order chi connectivity index (χ1) is 9.11. The summed E-state index contributed by atoms with van der Waals surface area (Å²) >= 11 is 0. The highest BCUT2D eigenvalue weighted by molar-refractivity contribution is 5.53. The Balaban J connectivity index is 2.13. The van der Waals surface area contributed by atoms with Crippen molar-refractivity contribution in [3.63, 3.8) is 0 Å². The zero-order valence-electron chi connectivity index (χ0n) is 10.8. The Morgan fingerprint density at radius 1 is 1.68 bits per heavy atom. The minimum absolute atomic E-state index is 0.103. The molecule has 104 valence electrons. The van der Waals surface area contributed by atoms with E-state index >= 15 is 0 Å². The van der Waals surface area contributed by atoms with Crippen LogP contribution in [-0.4, -0.2) is 40.7 Å². The van der Waals surface area contributed by atoms with Crippen molar-refractivity contribution >= 4 is 17.5 Å². The van der Waals surface area contributed by atoms with Gasteiger partial charge in [-0.15, -0.1) is 0 Å². The number of hydrogen-bond donors (Lipinski definition) is 1. The summed E-state index contributed by atoms with van der Waals surface area (Å²) in [4.78, 5) is 20.0. The molecule has 0 radical (unpaired) electrons. The van der Waals surface area contributed by atoms with E-state index in [0.717, 1.165) is 25.6 Å². The monoisotopic (exact) mass is 267 g/mol. The second kappa shape index (κ2) is 5.79. The Hall–Kier alpha value is -1.96. The number of nitrogens with zero attached hydrogens (tertiary/aromatic N) is 4. The van der Waals surface area contributed by atoms with Crippen LogP contribution in [0.5, 0.6) is 0 Å². The summed E-state index contributed by atoms with van der Waals surface area (Å²) in [5, 5.41) is 10.7. The summed E-state index contributed by atoms with van der Waals surface area (Å²) in [5.74, 6) is 0.320. The molecule has 19 heavy (non-hydrogen) atoms. The Morgan fingerprint density at radius 2 is 2.47 bits per heavy atom. The first kappa shape index (κ1) is 13.5. The van der Waals surface area contributed by atoms with Gasteiger partial charge in [-0.05, 0) is 19.8 Å². The van der Waals surface area contributed by atoms with Crippen molar-refractivity contribution < 1.29 is 9.66 Å². The van der Waals surface area contributed by atoms with Gasteiger partial charge in [-0.2, -0.15) is 4.98 Å². The second-order valence-electron chi connectivity index (χ2n) is 4.36. The van der Waals surface area contributed by atoms with Gasteiger partial charge in [0.1, 0.15) is 6.20 Å². The van der Waals surface area contributed by atoms with Crippen molar-refractivity contribution in [3.05, 3.63) is 16.3 Å². The molecule has 0 aromatic carbocycles. The van der Waals surface area contributed by atoms with E-state index in [-0.39, 0.29) is 17.6 Å². The molecule has 2 heterocycles. The van der Waals surface area contributed by atoms with Gasteiger partial charge in [0.25, 0.3) is 0 Å². The van der Waals surface area contributed by atoms with Gasteiger partial charge in [0.15, 0.2) is 0 Å². The normalized spacial score (nSPS) is 19.4. The van der Waals surface area contributed by atoms with Crippen molar-refractivity contribution in [1.82, 2.24) is 9.97 Å². The Morgan fingerprint density at radius 3 is 3.11 bits per heavy atom. The number of rotatable bonds is 4. The zero-order chi connectivity index (χ0) is 13.8. The molecule has 0 amide bonds. The Labute approximate surface area is 110 Å². The van der Waals surface area contributed by atoms with Crippen molar-refractivity contribution in [1.29, 1.82) is 0 Å². The average Bonchev–Trinajstić information content (AvgIpc) is 2.39. The number of hydrogen-bond acceptors (Lipinski definition) is 7. The van der Waals surface area contributed by atoms with Gasteiger partial charge in [0, 0.05) is 19.7 Å². The van der Waals surface area contributed by atoms with Crippen LogP contribution in [-0.2, 0) is 4.74 Å². The van der Waals surface area contributed by atoms with Gasteiger partial charge in [0.2, 0.25) is 11.8 Å². The quantitative estimate of drug-likeness (QED) is 0.639. The SMILES string of the molecule is CCOC1CCCN(c2ncc([N+](=O)[O-])c(N)n2)C1. The molecule has 1 unspecified atom stereocenters. The van der Waals surface area contributed by atoms with Crippen LogP contribution in [0.4, 0.5) is 17.5 Å². The summed E-state index contributed by atoms with van der Waals surface area (Å²) in [6.45, 7) is 4.12. The summed E-state index contributed by atoms with van der Waals surface area (Å²) in [6.07, 6.45) is 3.29. The van der Waals surface area contributed by atoms with E-state index < -0.39 is 4.92 Å². The molecule has 1 fully saturated rings. The third-order valence-electron chi connectivity index (χ3n) is 3.05. The van der Waals surface area contributed by atoms with Crippen LogP contribution in [0.2, 0.25) is 0 Å². The van der Waals surface area contributed by atoms with Crippen LogP contribution < -0.4 is 10.6 Å². The van der Waals surface area contributed by atoms with E-state index in [1.807, 2.05) is 11.8 Å². The van der Waals surface area contributed by atoms with E-state index in [1.54, 1.807) is 0 Å². The summed E-state index contributed by atoms with van der Waals surface area (Å²) in [6, 6.07) is 0. The molecule has 8 heteroatoms. The van der Waals surface area contributed by atoms with Crippen LogP contribution in [0.1, 0.15) is 19.8 Å². The molecule has 1 aromatic rings. The lowest BCUT2D eigenvalue weighted by atomic mass is 10.1. The third-order valence-corrected chi connectivity index (χ3v) is 3.05. The minimum atomic E-state index is -0.585. The van der Waals surface area contributed by atoms with Gasteiger partial charge in [-0.25, -0.2) is 4.98 Å². The van der Waals surface area contributed by atoms with Crippen molar-refractivity contribution in [2.24, 2.45) is 0 Å². The topological polar surface area (TPSA) is 107 Å². The van der Waals surface area contributed by atoms with Crippen molar-refractivity contribution in [2.75, 3.05) is 30.3 Å². The van der Waals surface area contributed by atoms with Crippen LogP contribution in [0, 0.1) is 10.1 Å². The molecule has 1 aliphatic rings. The van der Waals surface area contributed by atoms with Crippen LogP contribution >= 0.6 is 0 Å². The number of nitrogens with two attached hydrogens (primary N) is 1. The highest BCUT2D eigenvalue weighted by Crippen LogP contribution is 2.23. The maximum absolute atomic E-state index is 10.7. The Bertz CT molecular complexity index is 466. The molecule has 0 aliphatic carbocycles. The second-order valence-corrected chi connectivity index (χ2v) is 4.36. The number of nitrogen functional groups attached to an aromatic ring is 1. The van der Waals surface area contributed by atoms with Gasteiger partial charge >= 0.3 is 5.69 Å². The number of aromatic nitrogens is 2. The molecule has 1 atom stereocenters. The fourth-order valence-corrected chi connectivity index (χ4v) is 2.16. The van der Waals surface area contributed by atoms with Gasteiger partial charge in [-0.3, -0.25) is 10.1 Å². The number of nitro groups is 1. The zero-order valence-corrected chi connectivity index (χ0v) is 10.8. The first-order valence-corrected chi connectivity index (χ1v) is 6.25. The van der Waals surface area contributed by atoms with Gasteiger partial charge < -0.3 is 15.4 Å². The molecule has 1 saturated heterocycles. The lowest BCUT2D eigenvalue weighted by molar-refractivity contribution is -0.384. The third kappa shape index (κ3) is 3.08. The molecule has 0 saturated carbocycles. The summed E-state index contributed by atoms with van der Waals surface area (Å²) in [7, 11) is 0. The number of ether oxygens (including phenoxy) is 1. The number of anilines is 2. The average molecular weight is 267 g/mol. The van der Waals surface area contributed by atoms with Crippen LogP contribution in [0.25, 0.3) is 0 Å². The van der Waals surface area contributed by atoms with E-state index in [0.29, 0.717) is 19.1 Å². The minimum Gasteiger partial charge on any atom is -0.378 e. The van der Waals surface area contributed by atoms with E-state index in [9.17, 15) is 10.1 Å². The lowest BCUT2D eigenvalue weighted by Crippen LogP contribution is -2.40. The van der Waals surface area contributed by atoms with E-state index in [4.69, 9.17) is 10.5 Å². The van der Waals surface area contributed by atoms with Crippen LogP contribution in [0.15, 0.2) is 6.20 Å². The molecule has 1 aromatic heterocycles. The smallest absolute Gasteiger partial charge is 0.329 e. The van der Waals surface area contributed by atoms with Crippen LogP contribution in [0.3, 0.4) is 0 Å². The van der Waals surface area contributed by atoms with E-state index in [1.165, 1.54) is 0 Å². The maximum Gasteiger partial charge on any atom is 0.329 e. The highest BCUT2D eigenvalue weighted by Gasteiger charge is 2.23. The molecular weight excluding hydrogens is 250 g/mol. The Kier molecular flexibility index (Phi) is 4.10. The van der Waals surface area contributed by atoms with Gasteiger partial charge in [-0.1, -0.05) is 0 Å². The molecule has 2 rings (SSSR count). The summed E-state index contributed by atoms with van der Waals surface area (Å²) in [5.41, 5.74) is 5.31. The van der Waals surface area contributed by atoms with Crippen molar-refractivity contribution in [2.45, 2.75) is 25.9 Å². The van der Waals surface area contributed by atoms with Crippen molar-refractivity contribution in [3.8, 4) is 0 Å². The fraction of sp³-hybridized carbons (Fsp3) is 0.636. The first-order valence-electron chi connectivity index (χ1n) is 6.25. The molecule has 1 aliphatic heterocycles. The number of piperidine rings is 1. The molecule has 8 nitrogen and oxygen atoms in total. The maximum atomic E-state index is 10.7. The largest absolute Gasteiger partial charge is 0.378 e. The molecule has 2 N–H and O–H groups in total. The van der Waals surface area contributed by atoms with Gasteiger partial charge in [0.05, 0.1) is 11.0 Å². The fourth-order valence-electron chi connectivity index (χ4n) is 2.16. The lowest BCUT2D eigenvalue weighted by Gasteiger charge is -2.32. The standard InChI is InChI=1S/C11H17N5O3/c1-2-19-8-4-3-5-15(7-8)11-13-6-9(16(17)18)10(12)14-11/h6,8H,2-5,7H2,1H3,(H2,12,13,14). The molecule has 0 spiro atoms. The summed E-state index contributed by atoms with van der Waals surface area (Å²) < 4.78 is 5.59. The molecule has 0 bridgehead atoms. The highest BCUT2D eigenvalue weighted by atomic mass is 16.6. The predicted octanol–water partition coefficient (Wildman–Crippen LogP) is 0.972.